The van der Waals surface area contributed by atoms with Crippen LogP contribution in [0.15, 0.2) is 65.6 Å². The molecular weight excluding hydrogens is 408 g/mol. The molecule has 3 aromatic rings. The molecule has 1 aliphatic heterocycles. The summed E-state index contributed by atoms with van der Waals surface area (Å²) in [6.07, 6.45) is 3.66. The van der Waals surface area contributed by atoms with E-state index in [1.165, 1.54) is 31.4 Å². The summed E-state index contributed by atoms with van der Waals surface area (Å²) in [6, 6.07) is 17.0. The minimum atomic E-state index is -3.67. The van der Waals surface area contributed by atoms with E-state index >= 15 is 0 Å². The maximum atomic E-state index is 12.5. The summed E-state index contributed by atoms with van der Waals surface area (Å²) in [7, 11) is -3.67. The molecule has 2 aromatic carbocycles. The smallest absolute Gasteiger partial charge is 0.261 e. The van der Waals surface area contributed by atoms with Crippen molar-refractivity contribution in [3.05, 3.63) is 65.7 Å². The minimum absolute atomic E-state index is 0.158. The second-order valence-corrected chi connectivity index (χ2v) is 9.08. The molecule has 1 aromatic heterocycles. The van der Waals surface area contributed by atoms with Crippen molar-refractivity contribution in [1.29, 1.82) is 0 Å². The fourth-order valence-corrected chi connectivity index (χ4v) is 4.49. The summed E-state index contributed by atoms with van der Waals surface area (Å²) < 4.78 is 27.5. The van der Waals surface area contributed by atoms with Gasteiger partial charge in [0, 0.05) is 29.4 Å². The molecule has 1 aliphatic rings. The third-order valence-corrected chi connectivity index (χ3v) is 6.54. The average Bonchev–Trinajstić information content (AvgIpc) is 2.75. The van der Waals surface area contributed by atoms with Crippen molar-refractivity contribution in [2.75, 3.05) is 22.7 Å². The highest BCUT2D eigenvalue weighted by atomic mass is 35.5. The standard InChI is InChI=1S/C21H21ClN4O2S/c22-17-6-10-19(11-7-17)29(27,28)25-18-8-4-16(5-9-18)20-12-13-21(24-23-20)26-14-2-1-3-15-26/h4-13,25H,1-3,14-15H2. The van der Waals surface area contributed by atoms with Crippen molar-refractivity contribution in [3.8, 4) is 11.3 Å². The van der Waals surface area contributed by atoms with Crippen LogP contribution in [0.1, 0.15) is 19.3 Å². The van der Waals surface area contributed by atoms with Crippen LogP contribution in [0.25, 0.3) is 11.3 Å². The number of halogens is 1. The monoisotopic (exact) mass is 428 g/mol. The van der Waals surface area contributed by atoms with E-state index in [1.807, 2.05) is 24.3 Å². The number of nitrogens with zero attached hydrogens (tertiary/aromatic N) is 3. The van der Waals surface area contributed by atoms with Crippen LogP contribution in [-0.2, 0) is 10.0 Å². The Hall–Kier alpha value is -2.64. The predicted molar refractivity (Wildman–Crippen MR) is 116 cm³/mol. The Morgan fingerprint density at radius 1 is 0.828 bits per heavy atom. The third-order valence-electron chi connectivity index (χ3n) is 4.89. The molecule has 1 fully saturated rings. The van der Waals surface area contributed by atoms with Crippen LogP contribution in [0.2, 0.25) is 5.02 Å². The summed E-state index contributed by atoms with van der Waals surface area (Å²) in [5, 5.41) is 9.19. The molecule has 8 heteroatoms. The minimum Gasteiger partial charge on any atom is -0.355 e. The Bertz CT molecular complexity index is 1060. The first-order valence-electron chi connectivity index (χ1n) is 9.49. The molecular formula is C21H21ClN4O2S. The van der Waals surface area contributed by atoms with Gasteiger partial charge < -0.3 is 4.90 Å². The first kappa shape index (κ1) is 19.7. The highest BCUT2D eigenvalue weighted by molar-refractivity contribution is 7.92. The summed E-state index contributed by atoms with van der Waals surface area (Å²) in [4.78, 5) is 2.42. The molecule has 4 rings (SSSR count). The fraction of sp³-hybridized carbons (Fsp3) is 0.238. The lowest BCUT2D eigenvalue weighted by molar-refractivity contribution is 0.571. The van der Waals surface area contributed by atoms with E-state index < -0.39 is 10.0 Å². The van der Waals surface area contributed by atoms with E-state index in [0.29, 0.717) is 10.7 Å². The van der Waals surface area contributed by atoms with Crippen LogP contribution in [0.5, 0.6) is 0 Å². The summed E-state index contributed by atoms with van der Waals surface area (Å²) in [5.74, 6) is 0.904. The number of benzene rings is 2. The zero-order valence-corrected chi connectivity index (χ0v) is 17.3. The van der Waals surface area contributed by atoms with Crippen LogP contribution in [-0.4, -0.2) is 31.7 Å². The number of hydrogen-bond donors (Lipinski definition) is 1. The lowest BCUT2D eigenvalue weighted by atomic mass is 10.1. The van der Waals surface area contributed by atoms with Crippen LogP contribution in [0.3, 0.4) is 0 Å². The maximum absolute atomic E-state index is 12.5. The zero-order valence-electron chi connectivity index (χ0n) is 15.8. The predicted octanol–water partition coefficient (Wildman–Crippen LogP) is 4.59. The Balaban J connectivity index is 1.47. The largest absolute Gasteiger partial charge is 0.355 e. The molecule has 150 valence electrons. The number of nitrogens with one attached hydrogen (secondary N) is 1. The van der Waals surface area contributed by atoms with Crippen molar-refractivity contribution in [2.24, 2.45) is 0 Å². The third kappa shape index (κ3) is 4.68. The number of anilines is 2. The summed E-state index contributed by atoms with van der Waals surface area (Å²) in [6.45, 7) is 2.05. The summed E-state index contributed by atoms with van der Waals surface area (Å²) in [5.41, 5.74) is 2.09. The Morgan fingerprint density at radius 3 is 2.14 bits per heavy atom. The van der Waals surface area contributed by atoms with E-state index in [1.54, 1.807) is 24.3 Å². The molecule has 0 spiro atoms. The van der Waals surface area contributed by atoms with Gasteiger partial charge in [0.25, 0.3) is 10.0 Å². The topological polar surface area (TPSA) is 75.2 Å². The van der Waals surface area contributed by atoms with Gasteiger partial charge in [-0.15, -0.1) is 10.2 Å². The van der Waals surface area contributed by atoms with Gasteiger partial charge in [-0.25, -0.2) is 8.42 Å². The summed E-state index contributed by atoms with van der Waals surface area (Å²) >= 11 is 5.82. The number of rotatable bonds is 5. The van der Waals surface area contributed by atoms with Gasteiger partial charge in [-0.3, -0.25) is 4.72 Å². The normalized spacial score (nSPS) is 14.6. The first-order valence-corrected chi connectivity index (χ1v) is 11.3. The van der Waals surface area contributed by atoms with Crippen molar-refractivity contribution in [3.63, 3.8) is 0 Å². The molecule has 1 saturated heterocycles. The van der Waals surface area contributed by atoms with E-state index in [2.05, 4.69) is 19.8 Å². The van der Waals surface area contributed by atoms with E-state index in [4.69, 9.17) is 11.6 Å². The fourth-order valence-electron chi connectivity index (χ4n) is 3.31. The lowest BCUT2D eigenvalue weighted by Crippen LogP contribution is -2.30. The number of piperidine rings is 1. The maximum Gasteiger partial charge on any atom is 0.261 e. The molecule has 6 nitrogen and oxygen atoms in total. The van der Waals surface area contributed by atoms with Gasteiger partial charge in [-0.05, 0) is 67.8 Å². The molecule has 0 bridgehead atoms. The van der Waals surface area contributed by atoms with Gasteiger partial charge >= 0.3 is 0 Å². The van der Waals surface area contributed by atoms with E-state index in [0.717, 1.165) is 30.2 Å². The highest BCUT2D eigenvalue weighted by Gasteiger charge is 2.15. The molecule has 2 heterocycles. The molecule has 29 heavy (non-hydrogen) atoms. The van der Waals surface area contributed by atoms with Gasteiger partial charge in [0.1, 0.15) is 0 Å². The molecule has 0 atom stereocenters. The van der Waals surface area contributed by atoms with Crippen LogP contribution in [0, 0.1) is 0 Å². The van der Waals surface area contributed by atoms with Crippen LogP contribution in [0.4, 0.5) is 11.5 Å². The lowest BCUT2D eigenvalue weighted by Gasteiger charge is -2.27. The van der Waals surface area contributed by atoms with Crippen molar-refractivity contribution in [2.45, 2.75) is 24.2 Å². The second kappa shape index (κ2) is 8.39. The Labute approximate surface area is 175 Å². The van der Waals surface area contributed by atoms with E-state index in [9.17, 15) is 8.42 Å². The van der Waals surface area contributed by atoms with Gasteiger partial charge in [-0.1, -0.05) is 23.7 Å². The van der Waals surface area contributed by atoms with Crippen molar-refractivity contribution >= 4 is 33.1 Å². The molecule has 1 N–H and O–H groups in total. The Morgan fingerprint density at radius 2 is 1.52 bits per heavy atom. The van der Waals surface area contributed by atoms with Crippen LogP contribution < -0.4 is 9.62 Å². The molecule has 0 aliphatic carbocycles. The SMILES string of the molecule is O=S(=O)(Nc1ccc(-c2ccc(N3CCCCC3)nn2)cc1)c1ccc(Cl)cc1. The molecule has 0 amide bonds. The van der Waals surface area contributed by atoms with Crippen molar-refractivity contribution in [1.82, 2.24) is 10.2 Å². The average molecular weight is 429 g/mol. The van der Waals surface area contributed by atoms with Gasteiger partial charge in [-0.2, -0.15) is 0 Å². The highest BCUT2D eigenvalue weighted by Crippen LogP contribution is 2.24. The van der Waals surface area contributed by atoms with Gasteiger partial charge in [0.15, 0.2) is 5.82 Å². The number of sulfonamides is 1. The second-order valence-electron chi connectivity index (χ2n) is 6.96. The molecule has 0 radical (unpaired) electrons. The quantitative estimate of drug-likeness (QED) is 0.643. The number of aromatic nitrogens is 2. The van der Waals surface area contributed by atoms with E-state index in [-0.39, 0.29) is 4.90 Å². The molecule has 0 unspecified atom stereocenters. The zero-order chi connectivity index (χ0) is 20.3. The molecule has 0 saturated carbocycles. The number of hydrogen-bond acceptors (Lipinski definition) is 5. The van der Waals surface area contributed by atoms with Crippen LogP contribution >= 0.6 is 11.6 Å². The van der Waals surface area contributed by atoms with Gasteiger partial charge in [0.2, 0.25) is 0 Å². The van der Waals surface area contributed by atoms with Gasteiger partial charge in [0.05, 0.1) is 10.6 Å². The van der Waals surface area contributed by atoms with Crippen molar-refractivity contribution < 1.29 is 8.42 Å². The Kier molecular flexibility index (Phi) is 5.69. The first-order chi connectivity index (χ1) is 14.0.